The molecule has 0 saturated heterocycles. The van der Waals surface area contributed by atoms with Crippen molar-refractivity contribution in [2.45, 2.75) is 24.8 Å². The van der Waals surface area contributed by atoms with E-state index in [0.717, 1.165) is 5.56 Å². The van der Waals surface area contributed by atoms with E-state index in [1.165, 1.54) is 13.2 Å². The largest absolute Gasteiger partial charge is 0.339 e. The Morgan fingerprint density at radius 2 is 1.71 bits per heavy atom. The average molecular weight is 255 g/mol. The summed E-state index contributed by atoms with van der Waals surface area (Å²) >= 11 is 0. The predicted octanol–water partition coefficient (Wildman–Crippen LogP) is 1.63. The Morgan fingerprint density at radius 3 is 2.06 bits per heavy atom. The predicted molar refractivity (Wildman–Crippen MR) is 66.4 cm³/mol. The van der Waals surface area contributed by atoms with Gasteiger partial charge in [0, 0.05) is 20.2 Å². The standard InChI is InChI=1S/C12H17NO3S/c1-9(13(3)10(2)14)11-5-7-12(8-6-11)17(4,15)16/h5-9H,1-4H3. The van der Waals surface area contributed by atoms with Crippen LogP contribution in [-0.4, -0.2) is 32.5 Å². The van der Waals surface area contributed by atoms with Gasteiger partial charge in [0.05, 0.1) is 10.9 Å². The summed E-state index contributed by atoms with van der Waals surface area (Å²) in [6, 6.07) is 6.53. The molecule has 0 fully saturated rings. The van der Waals surface area contributed by atoms with Gasteiger partial charge in [0.2, 0.25) is 5.91 Å². The Morgan fingerprint density at radius 1 is 1.24 bits per heavy atom. The van der Waals surface area contributed by atoms with Crippen LogP contribution in [0.25, 0.3) is 0 Å². The van der Waals surface area contributed by atoms with Gasteiger partial charge in [-0.05, 0) is 24.6 Å². The van der Waals surface area contributed by atoms with Crippen LogP contribution in [0.2, 0.25) is 0 Å². The van der Waals surface area contributed by atoms with E-state index in [2.05, 4.69) is 0 Å². The van der Waals surface area contributed by atoms with Gasteiger partial charge < -0.3 is 4.90 Å². The van der Waals surface area contributed by atoms with E-state index >= 15 is 0 Å². The van der Waals surface area contributed by atoms with Crippen molar-refractivity contribution in [3.8, 4) is 0 Å². The molecule has 1 aromatic carbocycles. The first kappa shape index (κ1) is 13.7. The van der Waals surface area contributed by atoms with E-state index in [-0.39, 0.29) is 11.9 Å². The molecule has 1 atom stereocenters. The summed E-state index contributed by atoms with van der Waals surface area (Å²) in [7, 11) is -1.44. The van der Waals surface area contributed by atoms with Crippen molar-refractivity contribution >= 4 is 15.7 Å². The van der Waals surface area contributed by atoms with Crippen LogP contribution in [0.1, 0.15) is 25.5 Å². The SMILES string of the molecule is CC(=O)N(C)C(C)c1ccc(S(C)(=O)=O)cc1. The highest BCUT2D eigenvalue weighted by Gasteiger charge is 2.14. The number of hydrogen-bond donors (Lipinski definition) is 0. The van der Waals surface area contributed by atoms with E-state index in [4.69, 9.17) is 0 Å². The van der Waals surface area contributed by atoms with Gasteiger partial charge >= 0.3 is 0 Å². The Balaban J connectivity index is 2.99. The first-order valence-corrected chi connectivity index (χ1v) is 7.16. The van der Waals surface area contributed by atoms with E-state index in [9.17, 15) is 13.2 Å². The fourth-order valence-corrected chi connectivity index (χ4v) is 2.12. The molecule has 0 aliphatic rings. The van der Waals surface area contributed by atoms with Crippen molar-refractivity contribution in [1.82, 2.24) is 4.90 Å². The van der Waals surface area contributed by atoms with Gasteiger partial charge in [-0.3, -0.25) is 4.79 Å². The molecule has 1 unspecified atom stereocenters. The van der Waals surface area contributed by atoms with Gasteiger partial charge in [-0.1, -0.05) is 12.1 Å². The molecule has 0 heterocycles. The van der Waals surface area contributed by atoms with Gasteiger partial charge in [0.25, 0.3) is 0 Å². The second-order valence-corrected chi connectivity index (χ2v) is 6.16. The molecule has 1 amide bonds. The molecule has 0 N–H and O–H groups in total. The zero-order valence-corrected chi connectivity index (χ0v) is 11.3. The molecule has 1 aromatic rings. The van der Waals surface area contributed by atoms with Crippen LogP contribution >= 0.6 is 0 Å². The van der Waals surface area contributed by atoms with Crippen LogP contribution in [0.5, 0.6) is 0 Å². The molecule has 0 aliphatic heterocycles. The van der Waals surface area contributed by atoms with Crippen molar-refractivity contribution in [1.29, 1.82) is 0 Å². The Hall–Kier alpha value is -1.36. The first-order valence-electron chi connectivity index (χ1n) is 5.27. The zero-order chi connectivity index (χ0) is 13.2. The highest BCUT2D eigenvalue weighted by atomic mass is 32.2. The average Bonchev–Trinajstić information content (AvgIpc) is 2.26. The van der Waals surface area contributed by atoms with Crippen LogP contribution in [0.4, 0.5) is 0 Å². The van der Waals surface area contributed by atoms with E-state index in [1.807, 2.05) is 6.92 Å². The molecule has 17 heavy (non-hydrogen) atoms. The molecule has 0 aliphatic carbocycles. The number of rotatable bonds is 3. The zero-order valence-electron chi connectivity index (χ0n) is 10.5. The minimum Gasteiger partial charge on any atom is -0.339 e. The smallest absolute Gasteiger partial charge is 0.219 e. The fraction of sp³-hybridized carbons (Fsp3) is 0.417. The number of carbonyl (C=O) groups is 1. The lowest BCUT2D eigenvalue weighted by atomic mass is 10.1. The molecule has 0 radical (unpaired) electrons. The van der Waals surface area contributed by atoms with Crippen molar-refractivity contribution in [2.24, 2.45) is 0 Å². The highest BCUT2D eigenvalue weighted by molar-refractivity contribution is 7.90. The molecule has 0 bridgehead atoms. The summed E-state index contributed by atoms with van der Waals surface area (Å²) in [4.78, 5) is 13.1. The fourth-order valence-electron chi connectivity index (χ4n) is 1.49. The van der Waals surface area contributed by atoms with Gasteiger partial charge in [-0.25, -0.2) is 8.42 Å². The topological polar surface area (TPSA) is 54.5 Å². The number of nitrogens with zero attached hydrogens (tertiary/aromatic N) is 1. The normalized spacial score (nSPS) is 13.2. The van der Waals surface area contributed by atoms with Gasteiger partial charge in [-0.15, -0.1) is 0 Å². The van der Waals surface area contributed by atoms with E-state index in [0.29, 0.717) is 4.90 Å². The molecular formula is C12H17NO3S. The third kappa shape index (κ3) is 3.30. The van der Waals surface area contributed by atoms with Gasteiger partial charge in [0.15, 0.2) is 9.84 Å². The Kier molecular flexibility index (Phi) is 3.93. The summed E-state index contributed by atoms with van der Waals surface area (Å²) in [6.07, 6.45) is 1.17. The molecule has 0 spiro atoms. The maximum Gasteiger partial charge on any atom is 0.219 e. The van der Waals surface area contributed by atoms with Crippen LogP contribution in [0, 0.1) is 0 Å². The van der Waals surface area contributed by atoms with Crippen LogP contribution in [0.3, 0.4) is 0 Å². The van der Waals surface area contributed by atoms with Crippen LogP contribution in [-0.2, 0) is 14.6 Å². The minimum atomic E-state index is -3.16. The summed E-state index contributed by atoms with van der Waals surface area (Å²) in [5, 5.41) is 0. The van der Waals surface area contributed by atoms with E-state index in [1.54, 1.807) is 36.2 Å². The van der Waals surface area contributed by atoms with Gasteiger partial charge in [0.1, 0.15) is 0 Å². The summed E-state index contributed by atoms with van der Waals surface area (Å²) in [5.74, 6) is -0.0234. The molecular weight excluding hydrogens is 238 g/mol. The molecule has 94 valence electrons. The molecule has 1 rings (SSSR count). The second-order valence-electron chi connectivity index (χ2n) is 4.15. The van der Waals surface area contributed by atoms with Gasteiger partial charge in [-0.2, -0.15) is 0 Å². The second kappa shape index (κ2) is 4.87. The lowest BCUT2D eigenvalue weighted by Gasteiger charge is -2.24. The summed E-state index contributed by atoms with van der Waals surface area (Å²) in [5.41, 5.74) is 0.912. The third-order valence-electron chi connectivity index (χ3n) is 2.87. The van der Waals surface area contributed by atoms with Crippen LogP contribution < -0.4 is 0 Å². The quantitative estimate of drug-likeness (QED) is 0.825. The summed E-state index contributed by atoms with van der Waals surface area (Å²) in [6.45, 7) is 3.40. The maximum atomic E-state index is 11.3. The Bertz CT molecular complexity index is 505. The highest BCUT2D eigenvalue weighted by Crippen LogP contribution is 2.20. The third-order valence-corrected chi connectivity index (χ3v) is 4.00. The monoisotopic (exact) mass is 255 g/mol. The van der Waals surface area contributed by atoms with Crippen molar-refractivity contribution < 1.29 is 13.2 Å². The lowest BCUT2D eigenvalue weighted by molar-refractivity contribution is -0.129. The molecule has 0 saturated carbocycles. The molecule has 5 heteroatoms. The maximum absolute atomic E-state index is 11.3. The number of benzene rings is 1. The lowest BCUT2D eigenvalue weighted by Crippen LogP contribution is -2.27. The summed E-state index contributed by atoms with van der Waals surface area (Å²) < 4.78 is 22.6. The van der Waals surface area contributed by atoms with Crippen molar-refractivity contribution in [2.75, 3.05) is 13.3 Å². The molecule has 0 aromatic heterocycles. The first-order chi connectivity index (χ1) is 7.73. The minimum absolute atomic E-state index is 0.0234. The molecule has 4 nitrogen and oxygen atoms in total. The van der Waals surface area contributed by atoms with E-state index < -0.39 is 9.84 Å². The number of hydrogen-bond acceptors (Lipinski definition) is 3. The van der Waals surface area contributed by atoms with Crippen molar-refractivity contribution in [3.05, 3.63) is 29.8 Å². The number of amides is 1. The van der Waals surface area contributed by atoms with Crippen LogP contribution in [0.15, 0.2) is 29.2 Å². The number of carbonyl (C=O) groups excluding carboxylic acids is 1. The Labute approximate surface area is 102 Å². The number of sulfone groups is 1. The van der Waals surface area contributed by atoms with Crippen molar-refractivity contribution in [3.63, 3.8) is 0 Å².